The number of rotatable bonds is 10. The van der Waals surface area contributed by atoms with Crippen molar-refractivity contribution < 1.29 is 19.1 Å². The summed E-state index contributed by atoms with van der Waals surface area (Å²) in [5, 5.41) is 12.6. The van der Waals surface area contributed by atoms with E-state index in [2.05, 4.69) is 16.8 Å². The van der Waals surface area contributed by atoms with E-state index in [1.165, 1.54) is 0 Å². The van der Waals surface area contributed by atoms with Crippen molar-refractivity contribution in [1.29, 1.82) is 0 Å². The molecule has 0 fully saturated rings. The number of carbonyl (C=O) groups is 2. The minimum absolute atomic E-state index is 0.127. The van der Waals surface area contributed by atoms with Gasteiger partial charge in [0.05, 0.1) is 29.5 Å². The van der Waals surface area contributed by atoms with E-state index in [0.717, 1.165) is 28.1 Å². The van der Waals surface area contributed by atoms with E-state index >= 15 is 0 Å². The summed E-state index contributed by atoms with van der Waals surface area (Å²) in [5.41, 5.74) is 4.30. The number of methoxy groups -OCH3 is 2. The molecule has 40 heavy (non-hydrogen) atoms. The first-order valence-electron chi connectivity index (χ1n) is 12.7. The zero-order chi connectivity index (χ0) is 28.1. The third-order valence-electron chi connectivity index (χ3n) is 6.52. The van der Waals surface area contributed by atoms with E-state index in [4.69, 9.17) is 26.2 Å². The normalized spacial score (nSPS) is 15.0. The Hall–Kier alpha value is -3.31. The summed E-state index contributed by atoms with van der Waals surface area (Å²) in [4.78, 5) is 28.4. The van der Waals surface area contributed by atoms with Crippen LogP contribution in [0.15, 0.2) is 65.4 Å². The van der Waals surface area contributed by atoms with Crippen LogP contribution in [0.25, 0.3) is 16.9 Å². The summed E-state index contributed by atoms with van der Waals surface area (Å²) in [6, 6.07) is 17.1. The van der Waals surface area contributed by atoms with E-state index in [-0.39, 0.29) is 29.4 Å². The highest BCUT2D eigenvalue weighted by atomic mass is 35.5. The van der Waals surface area contributed by atoms with Crippen molar-refractivity contribution >= 4 is 52.3 Å². The van der Waals surface area contributed by atoms with Crippen molar-refractivity contribution in [3.63, 3.8) is 0 Å². The Bertz CT molecular complexity index is 1460. The number of anilines is 1. The van der Waals surface area contributed by atoms with Crippen LogP contribution in [0.2, 0.25) is 5.02 Å². The second kappa shape index (κ2) is 12.9. The molecule has 0 saturated carbocycles. The molecular formula is C29H29ClN4O4S2. The molecule has 1 atom stereocenters. The number of halogens is 1. The number of fused-ring (bicyclic) bond motifs is 1. The summed E-state index contributed by atoms with van der Waals surface area (Å²) in [5.74, 6) is 1.09. The Morgan fingerprint density at radius 2 is 1.90 bits per heavy atom. The third kappa shape index (κ3) is 6.05. The van der Waals surface area contributed by atoms with Crippen molar-refractivity contribution in [2.24, 2.45) is 0 Å². The summed E-state index contributed by atoms with van der Waals surface area (Å²) in [7, 11) is 3.24. The van der Waals surface area contributed by atoms with E-state index in [9.17, 15) is 9.59 Å². The first-order valence-corrected chi connectivity index (χ1v) is 15.1. The Kier molecular flexibility index (Phi) is 9.11. The maximum atomic E-state index is 13.7. The number of hydrogen-bond acceptors (Lipinski definition) is 7. The molecule has 0 saturated heterocycles. The number of thiophene rings is 1. The Labute approximate surface area is 246 Å². The zero-order valence-electron chi connectivity index (χ0n) is 22.1. The van der Waals surface area contributed by atoms with Gasteiger partial charge in [-0.25, -0.2) is 4.68 Å². The van der Waals surface area contributed by atoms with Crippen molar-refractivity contribution in [2.75, 3.05) is 44.6 Å². The van der Waals surface area contributed by atoms with Crippen LogP contribution >= 0.6 is 34.7 Å². The predicted octanol–water partition coefficient (Wildman–Crippen LogP) is 5.58. The molecule has 0 aliphatic carbocycles. The van der Waals surface area contributed by atoms with Crippen LogP contribution in [0.4, 0.5) is 5.82 Å². The van der Waals surface area contributed by atoms with Crippen LogP contribution in [0.1, 0.15) is 22.8 Å². The molecule has 11 heteroatoms. The average molecular weight is 597 g/mol. The van der Waals surface area contributed by atoms with Gasteiger partial charge in [-0.15, -0.1) is 11.8 Å². The lowest BCUT2D eigenvalue weighted by Crippen LogP contribution is -2.42. The third-order valence-corrected chi connectivity index (χ3v) is 8.73. The quantitative estimate of drug-likeness (QED) is 0.240. The average Bonchev–Trinajstić information content (AvgIpc) is 3.61. The Morgan fingerprint density at radius 3 is 2.58 bits per heavy atom. The van der Waals surface area contributed by atoms with Crippen molar-refractivity contribution in [3.05, 3.63) is 81.5 Å². The molecular weight excluding hydrogens is 568 g/mol. The minimum Gasteiger partial charge on any atom is -0.497 e. The second-order valence-corrected chi connectivity index (χ2v) is 11.4. The number of nitrogens with one attached hydrogen (secondary N) is 1. The van der Waals surface area contributed by atoms with E-state index < -0.39 is 0 Å². The van der Waals surface area contributed by atoms with E-state index in [1.807, 2.05) is 53.9 Å². The van der Waals surface area contributed by atoms with Crippen LogP contribution in [-0.2, 0) is 14.3 Å². The molecule has 5 rings (SSSR count). The molecule has 0 spiro atoms. The predicted molar refractivity (Wildman–Crippen MR) is 161 cm³/mol. The number of aromatic nitrogens is 2. The maximum Gasteiger partial charge on any atom is 0.240 e. The summed E-state index contributed by atoms with van der Waals surface area (Å²) < 4.78 is 12.2. The van der Waals surface area contributed by atoms with Crippen molar-refractivity contribution in [1.82, 2.24) is 15.1 Å². The lowest BCUT2D eigenvalue weighted by molar-refractivity contribution is -0.122. The highest BCUT2D eigenvalue weighted by molar-refractivity contribution is 8.00. The number of ether oxygens (including phenoxy) is 2. The molecule has 1 aliphatic heterocycles. The van der Waals surface area contributed by atoms with Gasteiger partial charge in [0.15, 0.2) is 0 Å². The van der Waals surface area contributed by atoms with Crippen LogP contribution in [0.5, 0.6) is 5.75 Å². The molecule has 0 bridgehead atoms. The highest BCUT2D eigenvalue weighted by Gasteiger charge is 2.37. The van der Waals surface area contributed by atoms with Gasteiger partial charge in [-0.3, -0.25) is 14.5 Å². The van der Waals surface area contributed by atoms with Gasteiger partial charge in [0.25, 0.3) is 0 Å². The molecule has 3 heterocycles. The van der Waals surface area contributed by atoms with Crippen LogP contribution in [0.3, 0.4) is 0 Å². The number of carbonyl (C=O) groups excluding carboxylic acids is 2. The molecule has 2 amide bonds. The first kappa shape index (κ1) is 28.2. The fourth-order valence-electron chi connectivity index (χ4n) is 4.57. The number of amides is 2. The van der Waals surface area contributed by atoms with Gasteiger partial charge in [0, 0.05) is 36.4 Å². The molecule has 4 aromatic rings. The molecule has 208 valence electrons. The maximum absolute atomic E-state index is 13.7. The van der Waals surface area contributed by atoms with Gasteiger partial charge in [0.1, 0.15) is 18.1 Å². The summed E-state index contributed by atoms with van der Waals surface area (Å²) >= 11 is 9.37. The topological polar surface area (TPSA) is 85.7 Å². The monoisotopic (exact) mass is 596 g/mol. The number of nitrogens with zero attached hydrogens (tertiary/aromatic N) is 3. The first-order chi connectivity index (χ1) is 19.5. The molecule has 2 aromatic heterocycles. The van der Waals surface area contributed by atoms with Crippen LogP contribution in [0, 0.1) is 0 Å². The van der Waals surface area contributed by atoms with Gasteiger partial charge in [-0.1, -0.05) is 23.7 Å². The Morgan fingerprint density at radius 1 is 1.12 bits per heavy atom. The van der Waals surface area contributed by atoms with E-state index in [1.54, 1.807) is 46.9 Å². The number of benzene rings is 2. The standard InChI is InChI=1S/C29H29ClN4O4S2/c1-37-14-3-13-31-24(35)16-33-25(36)18-40-28(20-12-15-39-17-20)26-27(19-4-6-21(30)7-5-19)32-34(29(26)33)22-8-10-23(38-2)11-9-22/h4-12,15,17,28H,3,13-14,16,18H2,1-2H3,(H,31,35)/t28-/m1/s1. The van der Waals surface area contributed by atoms with Gasteiger partial charge in [-0.2, -0.15) is 16.4 Å². The van der Waals surface area contributed by atoms with E-state index in [0.29, 0.717) is 36.2 Å². The lowest BCUT2D eigenvalue weighted by atomic mass is 10.0. The van der Waals surface area contributed by atoms with Gasteiger partial charge >= 0.3 is 0 Å². The fourth-order valence-corrected chi connectivity index (χ4v) is 6.66. The minimum atomic E-state index is -0.245. The molecule has 1 N–H and O–H groups in total. The molecule has 0 radical (unpaired) electrons. The number of thioether (sulfide) groups is 1. The van der Waals surface area contributed by atoms with Crippen LogP contribution in [-0.4, -0.2) is 61.3 Å². The van der Waals surface area contributed by atoms with Gasteiger partial charge < -0.3 is 14.8 Å². The molecule has 1 aliphatic rings. The fraction of sp³-hybridized carbons (Fsp3) is 0.276. The highest BCUT2D eigenvalue weighted by Crippen LogP contribution is 2.49. The lowest BCUT2D eigenvalue weighted by Gasteiger charge is -2.23. The van der Waals surface area contributed by atoms with Gasteiger partial charge in [0.2, 0.25) is 11.8 Å². The zero-order valence-corrected chi connectivity index (χ0v) is 24.5. The summed E-state index contributed by atoms with van der Waals surface area (Å²) in [6.45, 7) is 0.875. The second-order valence-electron chi connectivity index (χ2n) is 9.13. The molecule has 8 nitrogen and oxygen atoms in total. The molecule has 2 aromatic carbocycles. The van der Waals surface area contributed by atoms with Gasteiger partial charge in [-0.05, 0) is 65.2 Å². The Balaban J connectivity index is 1.69. The van der Waals surface area contributed by atoms with Crippen molar-refractivity contribution in [2.45, 2.75) is 11.7 Å². The largest absolute Gasteiger partial charge is 0.497 e. The number of hydrogen-bond donors (Lipinski definition) is 1. The SMILES string of the molecule is COCCCNC(=O)CN1C(=O)CS[C@H](c2ccsc2)c2c(-c3ccc(Cl)cc3)nn(-c3ccc(OC)cc3)c21. The smallest absolute Gasteiger partial charge is 0.240 e. The molecule has 0 unspecified atom stereocenters. The summed E-state index contributed by atoms with van der Waals surface area (Å²) in [6.07, 6.45) is 0.683. The van der Waals surface area contributed by atoms with Crippen LogP contribution < -0.4 is 15.0 Å². The van der Waals surface area contributed by atoms with Crippen molar-refractivity contribution in [3.8, 4) is 22.7 Å².